The third-order valence-electron chi connectivity index (χ3n) is 10.8. The van der Waals surface area contributed by atoms with Gasteiger partial charge in [-0.05, 0) is 53.9 Å². The van der Waals surface area contributed by atoms with Crippen molar-refractivity contribution in [2.75, 3.05) is 25.1 Å². The van der Waals surface area contributed by atoms with Crippen LogP contribution < -0.4 is 10.1 Å². The lowest BCUT2D eigenvalue weighted by molar-refractivity contribution is -0.461. The van der Waals surface area contributed by atoms with Crippen LogP contribution in [0.15, 0.2) is 66.8 Å². The van der Waals surface area contributed by atoms with Crippen LogP contribution in [0.5, 0.6) is 5.75 Å². The largest absolute Gasteiger partial charge is 0.491 e. The van der Waals surface area contributed by atoms with Gasteiger partial charge in [0.2, 0.25) is 0 Å². The average Bonchev–Trinajstić information content (AvgIpc) is 3.21. The molecule has 0 aliphatic carbocycles. The minimum absolute atomic E-state index is 0.0212. The average molecular weight is 1040 g/mol. The quantitative estimate of drug-likeness (QED) is 0.0282. The summed E-state index contributed by atoms with van der Waals surface area (Å²) in [5, 5.41) is 2.12. The molecule has 0 saturated carbocycles. The van der Waals surface area contributed by atoms with Gasteiger partial charge in [-0.2, -0.15) is 74.6 Å². The Labute approximate surface area is 377 Å². The number of nitrogens with one attached hydrogen (secondary N) is 1. The van der Waals surface area contributed by atoms with Gasteiger partial charge in [0.25, 0.3) is 0 Å². The molecule has 27 heteroatoms. The molecule has 0 bridgehead atoms. The number of carbonyl (C=O) groups is 2. The van der Waals surface area contributed by atoms with E-state index in [-0.39, 0.29) is 17.9 Å². The van der Waals surface area contributed by atoms with Crippen LogP contribution in [0.2, 0.25) is 17.1 Å². The van der Waals surface area contributed by atoms with Gasteiger partial charge in [-0.1, -0.05) is 65.0 Å². The zero-order valence-electron chi connectivity index (χ0n) is 36.4. The van der Waals surface area contributed by atoms with Gasteiger partial charge in [0, 0.05) is 24.5 Å². The van der Waals surface area contributed by atoms with Crippen molar-refractivity contribution in [1.82, 2.24) is 0 Å². The van der Waals surface area contributed by atoms with Gasteiger partial charge >= 0.3 is 59.7 Å². The highest BCUT2D eigenvalue weighted by molar-refractivity contribution is 6.76. The van der Waals surface area contributed by atoms with Gasteiger partial charge in [0.05, 0.1) is 12.3 Å². The Balaban J connectivity index is 2.34. The van der Waals surface area contributed by atoms with Crippen LogP contribution in [-0.4, -0.2) is 87.8 Å². The first kappa shape index (κ1) is 59.4. The number of hydrogen-bond donors (Lipinski definition) is 1. The number of hydrogen-bond acceptors (Lipinski definition) is 6. The minimum atomic E-state index is -8.72. The maximum absolute atomic E-state index is 15.0. The molecule has 0 radical (unpaired) electrons. The zero-order valence-corrected chi connectivity index (χ0v) is 37.4. The van der Waals surface area contributed by atoms with Crippen LogP contribution in [-0.2, 0) is 18.7 Å². The van der Waals surface area contributed by atoms with Crippen LogP contribution in [0, 0.1) is 17.6 Å². The lowest BCUT2D eigenvalue weighted by Crippen LogP contribution is -2.74. The molecular weight excluding hydrogens is 992 g/mol. The summed E-state index contributed by atoms with van der Waals surface area (Å²) in [5.41, 5.74) is -1.77. The molecule has 2 rings (SSSR count). The predicted octanol–water partition coefficient (Wildman–Crippen LogP) is 14.1. The van der Waals surface area contributed by atoms with Gasteiger partial charge in [0.1, 0.15) is 36.7 Å². The molecule has 2 aromatic rings. The monoisotopic (exact) mass is 1040 g/mol. The van der Waals surface area contributed by atoms with Crippen LogP contribution in [0.4, 0.5) is 93.9 Å². The van der Waals surface area contributed by atoms with E-state index in [1.807, 2.05) is 0 Å². The normalized spacial score (nSPS) is 15.0. The number of carbonyl (C=O) groups excluding carboxylic acids is 2. The molecule has 0 unspecified atom stereocenters. The molecule has 1 amide bonds. The minimum Gasteiger partial charge on any atom is -0.491 e. The van der Waals surface area contributed by atoms with E-state index in [0.717, 1.165) is 18.2 Å². The van der Waals surface area contributed by atoms with E-state index in [0.29, 0.717) is 11.6 Å². The van der Waals surface area contributed by atoms with E-state index in [1.54, 1.807) is 0 Å². The first-order valence-corrected chi connectivity index (χ1v) is 22.0. The summed E-state index contributed by atoms with van der Waals surface area (Å²) in [6.45, 7) is 10.4. The molecule has 68 heavy (non-hydrogen) atoms. The van der Waals surface area contributed by atoms with Crippen molar-refractivity contribution in [3.8, 4) is 5.75 Å². The summed E-state index contributed by atoms with van der Waals surface area (Å²) in [6.07, 6.45) is -10.5. The molecule has 0 aliphatic rings. The number of alkyl halides is 17. The van der Waals surface area contributed by atoms with Gasteiger partial charge in [-0.3, -0.25) is 5.32 Å². The van der Waals surface area contributed by atoms with E-state index < -0.39 is 134 Å². The summed E-state index contributed by atoms with van der Waals surface area (Å²) < 4.78 is 286. The third kappa shape index (κ3) is 12.0. The molecule has 386 valence electrons. The third-order valence-corrected chi connectivity index (χ3v) is 16.4. The molecule has 2 atom stereocenters. The predicted molar refractivity (Wildman–Crippen MR) is 207 cm³/mol. The second kappa shape index (κ2) is 21.5. The van der Waals surface area contributed by atoms with Crippen molar-refractivity contribution in [1.29, 1.82) is 0 Å². The zero-order chi connectivity index (χ0) is 52.9. The summed E-state index contributed by atoms with van der Waals surface area (Å²) in [7, 11) is -4.07. The summed E-state index contributed by atoms with van der Waals surface area (Å²) in [4.78, 5) is 25.1. The number of rotatable bonds is 24. The van der Waals surface area contributed by atoms with E-state index >= 15 is 8.78 Å². The molecule has 0 aliphatic heterocycles. The summed E-state index contributed by atoms with van der Waals surface area (Å²) in [5.74, 6) is -60.7. The van der Waals surface area contributed by atoms with Gasteiger partial charge in [0.15, 0.2) is 8.32 Å². The molecule has 0 spiro atoms. The number of esters is 1. The Morgan fingerprint density at radius 1 is 0.706 bits per heavy atom. The SMILES string of the molecule is C=CCOC(=O)/C=C(\C)[C@@H](C)[C@H](OC(=O)Nc1ccc(F)cc1F)c1ccc(OCCO[Si](CCC(F)(F)C(F)(F)C(F)(F)C(F)(F)C(F)(F)C(F)(F)C(F)(F)C(F)(F)F)(C(C)C)C(C)C)cc1. The van der Waals surface area contributed by atoms with E-state index in [4.69, 9.17) is 18.6 Å². The van der Waals surface area contributed by atoms with Gasteiger partial charge < -0.3 is 18.6 Å². The highest BCUT2D eigenvalue weighted by atomic mass is 28.4. The molecule has 0 saturated heterocycles. The molecule has 0 fully saturated rings. The van der Waals surface area contributed by atoms with Crippen LogP contribution >= 0.6 is 0 Å². The number of anilines is 1. The van der Waals surface area contributed by atoms with E-state index in [2.05, 4.69) is 11.9 Å². The lowest BCUT2D eigenvalue weighted by Gasteiger charge is -2.44. The first-order chi connectivity index (χ1) is 30.7. The molecule has 0 heterocycles. The summed E-state index contributed by atoms with van der Waals surface area (Å²) in [6, 6.07) is 6.19. The van der Waals surface area contributed by atoms with E-state index in [9.17, 15) is 84.2 Å². The Morgan fingerprint density at radius 3 is 1.68 bits per heavy atom. The molecule has 0 aromatic heterocycles. The smallest absolute Gasteiger partial charge is 0.460 e. The Hall–Kier alpha value is -4.69. The summed E-state index contributed by atoms with van der Waals surface area (Å²) >= 11 is 0. The van der Waals surface area contributed by atoms with Crippen molar-refractivity contribution in [2.24, 2.45) is 5.92 Å². The van der Waals surface area contributed by atoms with Crippen molar-refractivity contribution in [2.45, 2.75) is 119 Å². The lowest BCUT2D eigenvalue weighted by atomic mass is 9.88. The van der Waals surface area contributed by atoms with E-state index in [1.165, 1.54) is 71.9 Å². The molecule has 2 aromatic carbocycles. The first-order valence-electron chi connectivity index (χ1n) is 19.7. The number of halogens is 19. The van der Waals surface area contributed by atoms with Crippen LogP contribution in [0.3, 0.4) is 0 Å². The van der Waals surface area contributed by atoms with Crippen molar-refractivity contribution < 1.29 is 112 Å². The van der Waals surface area contributed by atoms with Crippen molar-refractivity contribution in [3.05, 3.63) is 84.0 Å². The second-order valence-corrected chi connectivity index (χ2v) is 20.9. The van der Waals surface area contributed by atoms with Crippen molar-refractivity contribution in [3.63, 3.8) is 0 Å². The second-order valence-electron chi connectivity index (χ2n) is 15.8. The highest BCUT2D eigenvalue weighted by Gasteiger charge is 2.95. The fourth-order valence-corrected chi connectivity index (χ4v) is 11.0. The van der Waals surface area contributed by atoms with Gasteiger partial charge in [-0.25, -0.2) is 18.4 Å². The maximum atomic E-state index is 15.0. The van der Waals surface area contributed by atoms with Crippen molar-refractivity contribution >= 4 is 26.1 Å². The fraction of sp³-hybridized carbons (Fsp3) is 0.561. The Morgan fingerprint density at radius 2 is 1.21 bits per heavy atom. The molecular formula is C41H44F19NO6Si. The number of benzene rings is 2. The van der Waals surface area contributed by atoms with Crippen LogP contribution in [0.1, 0.15) is 59.6 Å². The molecule has 7 nitrogen and oxygen atoms in total. The Kier molecular flexibility index (Phi) is 18.8. The fourth-order valence-electron chi connectivity index (χ4n) is 6.54. The maximum Gasteiger partial charge on any atom is 0.460 e. The standard InChI is InChI=1S/C41H44F19NO6Si/c1-8-16-65-31(62)20-24(6)25(7)32(67-33(63)61-30-14-11-27(42)21-29(30)43)26-9-12-28(13-10-26)64-17-18-66-68(22(2)3,23(4)5)19-15-34(44,45)35(46,47)36(48,49)37(50,51)38(52,53)39(54,55)40(56,57)41(58,59)60/h8-14,20-23,25,32H,1,15-19H2,2-7H3,(H,61,63)/b24-20+/t25-,32+/m1/s1. The number of amides is 1. The number of ether oxygens (including phenoxy) is 3. The molecule has 1 N–H and O–H groups in total. The van der Waals surface area contributed by atoms with Crippen LogP contribution in [0.25, 0.3) is 0 Å². The Bertz CT molecular complexity index is 2070. The highest BCUT2D eigenvalue weighted by Crippen LogP contribution is 2.64. The topological polar surface area (TPSA) is 83.1 Å². The van der Waals surface area contributed by atoms with Gasteiger partial charge in [-0.15, -0.1) is 0 Å².